The van der Waals surface area contributed by atoms with Gasteiger partial charge in [-0.15, -0.1) is 0 Å². The van der Waals surface area contributed by atoms with E-state index in [9.17, 15) is 0 Å². The third-order valence-corrected chi connectivity index (χ3v) is 1.26. The minimum absolute atomic E-state index is 0. The van der Waals surface area contributed by atoms with Gasteiger partial charge in [0, 0.05) is 6.54 Å². The van der Waals surface area contributed by atoms with Crippen molar-refractivity contribution in [1.29, 1.82) is 0 Å². The summed E-state index contributed by atoms with van der Waals surface area (Å²) in [5.74, 6) is 0. The van der Waals surface area contributed by atoms with Crippen molar-refractivity contribution in [1.82, 2.24) is 4.90 Å². The third kappa shape index (κ3) is 9.82. The minimum Gasteiger partial charge on any atom is -1.00 e. The third-order valence-electron chi connectivity index (χ3n) is 1.26. The molecule has 1 nitrogen and oxygen atoms in total. The van der Waals surface area contributed by atoms with Crippen LogP contribution in [-0.4, -0.2) is 45.2 Å². The summed E-state index contributed by atoms with van der Waals surface area (Å²) in [5.41, 5.74) is 1.24. The zero-order valence-electron chi connectivity index (χ0n) is 7.67. The van der Waals surface area contributed by atoms with Gasteiger partial charge in [0.1, 0.15) is 0 Å². The molecule has 13 heavy (non-hydrogen) atoms. The molecule has 0 saturated heterocycles. The van der Waals surface area contributed by atoms with Gasteiger partial charge < -0.3 is 52.9 Å². The van der Waals surface area contributed by atoms with Crippen LogP contribution in [-0.2, 0) is 6.54 Å². The quantitative estimate of drug-likeness (QED) is 0.245. The zero-order valence-corrected chi connectivity index (χ0v) is 15.5. The summed E-state index contributed by atoms with van der Waals surface area (Å²) in [6, 6.07) is 11.2. The van der Waals surface area contributed by atoms with Gasteiger partial charge in [-0.05, 0) is 25.7 Å². The number of rotatable bonds is 2. The van der Waals surface area contributed by atoms with Crippen molar-refractivity contribution in [2.75, 3.05) is 14.1 Å². The summed E-state index contributed by atoms with van der Waals surface area (Å²) < 4.78 is 0. The molecule has 1 aromatic carbocycles. The Bertz CT molecular complexity index is 192. The molecule has 4 heteroatoms. The Morgan fingerprint density at radius 1 is 1.23 bits per heavy atom. The van der Waals surface area contributed by atoms with E-state index in [2.05, 4.69) is 31.1 Å². The largest absolute Gasteiger partial charge is 2.00 e. The summed E-state index contributed by atoms with van der Waals surface area (Å²) in [5, 5.41) is 0. The van der Waals surface area contributed by atoms with Crippen LogP contribution in [0.5, 0.6) is 0 Å². The van der Waals surface area contributed by atoms with Gasteiger partial charge in [-0.3, -0.25) is 0 Å². The first kappa shape index (κ1) is 20.0. The van der Waals surface area contributed by atoms with Crippen LogP contribution >= 0.6 is 0 Å². The number of nitrogens with zero attached hydrogens (tertiary/aromatic N) is 1. The first-order valence-electron chi connectivity index (χ1n) is 3.39. The summed E-state index contributed by atoms with van der Waals surface area (Å²) in [4.78, 5) is 2.13. The van der Waals surface area contributed by atoms with Crippen LogP contribution in [0.1, 0.15) is 5.56 Å². The van der Waals surface area contributed by atoms with Gasteiger partial charge in [-0.2, -0.15) is 0 Å². The van der Waals surface area contributed by atoms with Gasteiger partial charge in [0.15, 0.2) is 0 Å². The van der Waals surface area contributed by atoms with Gasteiger partial charge in [0.2, 0.25) is 0 Å². The van der Waals surface area contributed by atoms with Gasteiger partial charge in [-0.25, -0.2) is 0 Å². The first-order chi connectivity index (χ1) is 4.79. The van der Waals surface area contributed by atoms with Crippen LogP contribution in [0.3, 0.4) is 0 Å². The molecule has 0 amide bonds. The van der Waals surface area contributed by atoms with Crippen LogP contribution in [0.4, 0.5) is 0 Å². The minimum atomic E-state index is 0. The van der Waals surface area contributed by atoms with Crippen molar-refractivity contribution in [2.45, 2.75) is 6.54 Å². The Balaban J connectivity index is -0.000000333. The fourth-order valence-electron chi connectivity index (χ4n) is 0.870. The molecule has 72 valence electrons. The Hall–Kier alpha value is 1.52. The smallest absolute Gasteiger partial charge is 1.00 e. The van der Waals surface area contributed by atoms with E-state index in [4.69, 9.17) is 0 Å². The molecule has 0 aromatic heterocycles. The van der Waals surface area contributed by atoms with Crippen LogP contribution in [0.2, 0.25) is 0 Å². The maximum Gasteiger partial charge on any atom is 2.00 e. The van der Waals surface area contributed by atoms with E-state index in [1.54, 1.807) is 0 Å². The second kappa shape index (κ2) is 11.6. The number of halogens is 2. The van der Waals surface area contributed by atoms with E-state index in [1.165, 1.54) is 5.56 Å². The van der Waals surface area contributed by atoms with Crippen molar-refractivity contribution < 1.29 is 48.0 Å². The second-order valence-corrected chi connectivity index (χ2v) is 2.63. The SMILES string of the molecule is CN(C)Cc1[c]cccc1.[Bi+2].[I-].[I-]. The molecule has 0 heterocycles. The Labute approximate surface area is 134 Å². The van der Waals surface area contributed by atoms with Gasteiger partial charge >= 0.3 is 26.2 Å². The van der Waals surface area contributed by atoms with Crippen LogP contribution in [0.25, 0.3) is 0 Å². The molecule has 0 unspecified atom stereocenters. The Morgan fingerprint density at radius 3 is 2.23 bits per heavy atom. The van der Waals surface area contributed by atoms with E-state index in [-0.39, 0.29) is 74.2 Å². The normalized spacial score (nSPS) is 7.92. The molecule has 0 saturated carbocycles. The summed E-state index contributed by atoms with van der Waals surface area (Å²) in [7, 11) is 4.11. The second-order valence-electron chi connectivity index (χ2n) is 2.63. The molecular formula is C9H12BiI2N. The van der Waals surface area contributed by atoms with Crippen molar-refractivity contribution in [3.8, 4) is 0 Å². The summed E-state index contributed by atoms with van der Waals surface area (Å²) in [6.07, 6.45) is 0. The Morgan fingerprint density at radius 2 is 1.85 bits per heavy atom. The van der Waals surface area contributed by atoms with Gasteiger partial charge in [0.05, 0.1) is 0 Å². The van der Waals surface area contributed by atoms with Gasteiger partial charge in [0.25, 0.3) is 0 Å². The van der Waals surface area contributed by atoms with E-state index in [1.807, 2.05) is 18.2 Å². The zero-order chi connectivity index (χ0) is 7.40. The molecular weight excluding hydrogens is 585 g/mol. The number of hydrogen-bond donors (Lipinski definition) is 0. The van der Waals surface area contributed by atoms with Crippen molar-refractivity contribution in [3.05, 3.63) is 35.9 Å². The molecule has 0 aliphatic rings. The van der Waals surface area contributed by atoms with E-state index < -0.39 is 0 Å². The molecule has 0 atom stereocenters. The molecule has 0 spiro atoms. The summed E-state index contributed by atoms with van der Waals surface area (Å²) >= 11 is 0. The molecule has 1 rings (SSSR count). The molecule has 0 bridgehead atoms. The average Bonchev–Trinajstić information content (AvgIpc) is 1.88. The Kier molecular flexibility index (Phi) is 17.8. The molecule has 0 N–H and O–H groups in total. The van der Waals surface area contributed by atoms with E-state index >= 15 is 0 Å². The number of hydrogen-bond acceptors (Lipinski definition) is 1. The maximum atomic E-state index is 3.16. The van der Waals surface area contributed by atoms with E-state index in [0.717, 1.165) is 6.54 Å². The van der Waals surface area contributed by atoms with Crippen LogP contribution in [0.15, 0.2) is 24.3 Å². The molecule has 0 fully saturated rings. The predicted octanol–water partition coefficient (Wildman–Crippen LogP) is -4.82. The number of benzene rings is 1. The molecule has 0 aliphatic carbocycles. The van der Waals surface area contributed by atoms with Crippen molar-refractivity contribution in [3.63, 3.8) is 0 Å². The van der Waals surface area contributed by atoms with Crippen molar-refractivity contribution >= 4 is 26.2 Å². The van der Waals surface area contributed by atoms with Crippen LogP contribution in [0, 0.1) is 6.07 Å². The molecule has 1 aromatic rings. The standard InChI is InChI=1S/C9H12N.Bi.2HI/c1-10(2)8-9-6-4-3-5-7-9;;;/h3-6H,8H2,1-2H3;;2*1H/q;+2;;/p-2. The topological polar surface area (TPSA) is 3.24 Å². The fourth-order valence-corrected chi connectivity index (χ4v) is 0.870. The molecule has 0 aliphatic heterocycles. The fraction of sp³-hybridized carbons (Fsp3) is 0.333. The maximum absolute atomic E-state index is 3.16. The van der Waals surface area contributed by atoms with Gasteiger partial charge in [-0.1, -0.05) is 24.3 Å². The van der Waals surface area contributed by atoms with Crippen molar-refractivity contribution in [2.24, 2.45) is 0 Å². The van der Waals surface area contributed by atoms with E-state index in [0.29, 0.717) is 0 Å². The average molecular weight is 597 g/mol. The first-order valence-corrected chi connectivity index (χ1v) is 3.39. The van der Waals surface area contributed by atoms with Crippen LogP contribution < -0.4 is 48.0 Å². The summed E-state index contributed by atoms with van der Waals surface area (Å²) in [6.45, 7) is 0.973. The predicted molar refractivity (Wildman–Crippen MR) is 48.4 cm³/mol. The molecule has 4 radical (unpaired) electrons. The monoisotopic (exact) mass is 597 g/mol.